The van der Waals surface area contributed by atoms with Crippen molar-refractivity contribution in [2.24, 2.45) is 5.92 Å². The molecule has 0 aliphatic carbocycles. The normalized spacial score (nSPS) is 12.9. The topological polar surface area (TPSA) is 0 Å². The van der Waals surface area contributed by atoms with E-state index in [9.17, 15) is 4.39 Å². The van der Waals surface area contributed by atoms with Crippen molar-refractivity contribution in [3.63, 3.8) is 0 Å². The van der Waals surface area contributed by atoms with Gasteiger partial charge in [-0.05, 0) is 31.9 Å². The Bertz CT molecular complexity index is 55.2. The van der Waals surface area contributed by atoms with E-state index in [2.05, 4.69) is 31.9 Å². The fourth-order valence-corrected chi connectivity index (χ4v) is 0. The minimum absolute atomic E-state index is 0.0347. The van der Waals surface area contributed by atoms with Gasteiger partial charge < -0.3 is 0 Å². The summed E-state index contributed by atoms with van der Waals surface area (Å²) >= 11 is 5.59. The van der Waals surface area contributed by atoms with Crippen molar-refractivity contribution in [2.75, 3.05) is 0 Å². The number of hydrogen-bond donors (Lipinski definition) is 0. The molecule has 0 N–H and O–H groups in total. The molecule has 0 fully saturated rings. The van der Waals surface area contributed by atoms with Crippen LogP contribution in [0.1, 0.15) is 13.8 Å². The molecule has 0 aliphatic rings. The summed E-state index contributed by atoms with van der Waals surface area (Å²) in [7, 11) is 0. The van der Waals surface area contributed by atoms with E-state index in [1.165, 1.54) is 0 Å². The lowest BCUT2D eigenvalue weighted by Crippen LogP contribution is -2.10. The van der Waals surface area contributed by atoms with Crippen LogP contribution in [0.4, 0.5) is 4.39 Å². The van der Waals surface area contributed by atoms with Gasteiger partial charge in [-0.1, -0.05) is 13.8 Å². The van der Waals surface area contributed by atoms with E-state index in [4.69, 9.17) is 0 Å². The van der Waals surface area contributed by atoms with Gasteiger partial charge in [-0.15, -0.1) is 0 Å². The van der Waals surface area contributed by atoms with Crippen LogP contribution in [-0.2, 0) is 0 Å². The van der Waals surface area contributed by atoms with Crippen molar-refractivity contribution < 1.29 is 4.39 Å². The van der Waals surface area contributed by atoms with Gasteiger partial charge in [0.05, 0.1) is 0 Å². The van der Waals surface area contributed by atoms with E-state index in [0.717, 1.165) is 0 Å². The molecule has 0 atom stereocenters. The highest BCUT2D eigenvalue weighted by Gasteiger charge is 2.24. The van der Waals surface area contributed by atoms with Crippen LogP contribution < -0.4 is 0 Å². The monoisotopic (exact) mass is 232 g/mol. The maximum Gasteiger partial charge on any atom is 0.221 e. The summed E-state index contributed by atoms with van der Waals surface area (Å²) in [6, 6.07) is 0. The van der Waals surface area contributed by atoms with Crippen molar-refractivity contribution in [3.05, 3.63) is 0 Å². The molecule has 0 bridgehead atoms. The smallest absolute Gasteiger partial charge is 0.218 e. The van der Waals surface area contributed by atoms with Gasteiger partial charge in [-0.2, -0.15) is 0 Å². The first-order valence-electron chi connectivity index (χ1n) is 2.01. The third-order valence-electron chi connectivity index (χ3n) is 0.655. The summed E-state index contributed by atoms with van der Waals surface area (Å²) in [4.78, 5) is 0. The van der Waals surface area contributed by atoms with Crippen molar-refractivity contribution in [1.82, 2.24) is 0 Å². The van der Waals surface area contributed by atoms with Gasteiger partial charge in [0.2, 0.25) is 3.49 Å². The fraction of sp³-hybridized carbons (Fsp3) is 1.00. The Morgan fingerprint density at radius 2 is 1.57 bits per heavy atom. The highest BCUT2D eigenvalue weighted by Crippen LogP contribution is 2.35. The number of alkyl halides is 3. The second kappa shape index (κ2) is 2.44. The Labute approximate surface area is 59.7 Å². The highest BCUT2D eigenvalue weighted by atomic mass is 79.9. The molecule has 0 aromatic carbocycles. The lowest BCUT2D eigenvalue weighted by molar-refractivity contribution is 0.341. The predicted octanol–water partition coefficient (Wildman–Crippen LogP) is 3.06. The first-order chi connectivity index (χ1) is 2.94. The molecule has 0 amide bonds. The zero-order chi connectivity index (χ0) is 6.08. The quantitative estimate of drug-likeness (QED) is 0.611. The summed E-state index contributed by atoms with van der Waals surface area (Å²) < 4.78 is 11.0. The fourth-order valence-electron chi connectivity index (χ4n) is 0. The molecule has 0 saturated carbocycles. The molecule has 0 aromatic heterocycles. The van der Waals surface area contributed by atoms with Crippen LogP contribution in [0.2, 0.25) is 0 Å². The Morgan fingerprint density at radius 3 is 1.57 bits per heavy atom. The number of halogens is 3. The summed E-state index contributed by atoms with van der Waals surface area (Å²) in [5, 5.41) is 0. The molecule has 0 aliphatic heterocycles. The molecule has 0 unspecified atom stereocenters. The Balaban J connectivity index is 3.54. The summed E-state index contributed by atoms with van der Waals surface area (Å²) in [5.41, 5.74) is 0. The second-order valence-electron chi connectivity index (χ2n) is 1.70. The molecule has 0 radical (unpaired) electrons. The summed E-state index contributed by atoms with van der Waals surface area (Å²) in [5.74, 6) is -0.0347. The van der Waals surface area contributed by atoms with Crippen molar-refractivity contribution in [2.45, 2.75) is 17.3 Å². The van der Waals surface area contributed by atoms with E-state index in [1.807, 2.05) is 0 Å². The first-order valence-corrected chi connectivity index (χ1v) is 3.60. The highest BCUT2D eigenvalue weighted by molar-refractivity contribution is 9.25. The van der Waals surface area contributed by atoms with Crippen LogP contribution in [0, 0.1) is 5.92 Å². The standard InChI is InChI=1S/C4H7Br2F/c1-3(2)4(5,6)7/h3H,1-2H3. The molecule has 0 heterocycles. The van der Waals surface area contributed by atoms with E-state index in [0.29, 0.717) is 0 Å². The lowest BCUT2D eigenvalue weighted by Gasteiger charge is -2.12. The maximum atomic E-state index is 12.3. The van der Waals surface area contributed by atoms with Gasteiger partial charge in [0.15, 0.2) is 0 Å². The van der Waals surface area contributed by atoms with E-state index >= 15 is 0 Å². The number of hydrogen-bond acceptors (Lipinski definition) is 0. The SMILES string of the molecule is CC(C)C(F)(Br)Br. The minimum Gasteiger partial charge on any atom is -0.218 e. The first kappa shape index (κ1) is 7.89. The van der Waals surface area contributed by atoms with Crippen LogP contribution in [0.5, 0.6) is 0 Å². The summed E-state index contributed by atoms with van der Waals surface area (Å²) in [6.45, 7) is 3.56. The van der Waals surface area contributed by atoms with E-state index in [1.54, 1.807) is 13.8 Å². The third kappa shape index (κ3) is 3.47. The summed E-state index contributed by atoms with van der Waals surface area (Å²) in [6.07, 6.45) is 0. The van der Waals surface area contributed by atoms with E-state index < -0.39 is 3.49 Å². The molecule has 0 rings (SSSR count). The average Bonchev–Trinajstić information content (AvgIpc) is 1.31. The molecule has 44 valence electrons. The lowest BCUT2D eigenvalue weighted by atomic mass is 10.3. The van der Waals surface area contributed by atoms with Gasteiger partial charge in [0.25, 0.3) is 0 Å². The molecule has 0 nitrogen and oxygen atoms in total. The average molecular weight is 234 g/mol. The maximum absolute atomic E-state index is 12.3. The van der Waals surface area contributed by atoms with Gasteiger partial charge in [0, 0.05) is 5.92 Å². The molecule has 0 saturated heterocycles. The van der Waals surface area contributed by atoms with Crippen LogP contribution in [0.15, 0.2) is 0 Å². The Hall–Kier alpha value is 0.890. The third-order valence-corrected chi connectivity index (χ3v) is 2.49. The van der Waals surface area contributed by atoms with Gasteiger partial charge in [-0.3, -0.25) is 0 Å². The molecule has 7 heavy (non-hydrogen) atoms. The van der Waals surface area contributed by atoms with Gasteiger partial charge in [0.1, 0.15) is 0 Å². The van der Waals surface area contributed by atoms with Crippen LogP contribution in [-0.4, -0.2) is 3.49 Å². The zero-order valence-electron chi connectivity index (χ0n) is 4.21. The number of rotatable bonds is 1. The molecule has 0 aromatic rings. The van der Waals surface area contributed by atoms with Crippen molar-refractivity contribution >= 4 is 31.9 Å². The van der Waals surface area contributed by atoms with Crippen LogP contribution in [0.3, 0.4) is 0 Å². The van der Waals surface area contributed by atoms with Crippen molar-refractivity contribution in [3.8, 4) is 0 Å². The minimum atomic E-state index is -1.38. The molecule has 3 heteroatoms. The van der Waals surface area contributed by atoms with Gasteiger partial charge >= 0.3 is 0 Å². The van der Waals surface area contributed by atoms with Crippen molar-refractivity contribution in [1.29, 1.82) is 0 Å². The molecular weight excluding hydrogens is 227 g/mol. The van der Waals surface area contributed by atoms with E-state index in [-0.39, 0.29) is 5.92 Å². The zero-order valence-corrected chi connectivity index (χ0v) is 7.38. The molecule has 0 spiro atoms. The molecular formula is C4H7Br2F. The second-order valence-corrected chi connectivity index (χ2v) is 5.07. The van der Waals surface area contributed by atoms with Crippen LogP contribution in [0.25, 0.3) is 0 Å². The Kier molecular flexibility index (Phi) is 2.75. The largest absolute Gasteiger partial charge is 0.221 e. The Morgan fingerprint density at radius 1 is 1.43 bits per heavy atom. The predicted molar refractivity (Wildman–Crippen MR) is 36.5 cm³/mol. The van der Waals surface area contributed by atoms with Crippen LogP contribution >= 0.6 is 31.9 Å². The van der Waals surface area contributed by atoms with Gasteiger partial charge in [-0.25, -0.2) is 4.39 Å².